The van der Waals surface area contributed by atoms with Gasteiger partial charge in [-0.3, -0.25) is 9.69 Å². The first kappa shape index (κ1) is 15.1. The number of aryl methyl sites for hydroxylation is 1. The lowest BCUT2D eigenvalue weighted by Crippen LogP contribution is -2.62. The smallest absolute Gasteiger partial charge is 0.224 e. The van der Waals surface area contributed by atoms with Crippen molar-refractivity contribution < 1.29 is 4.79 Å². The Kier molecular flexibility index (Phi) is 3.85. The minimum absolute atomic E-state index is 0.149. The maximum atomic E-state index is 12.5. The zero-order valence-corrected chi connectivity index (χ0v) is 14.5. The number of nitrogens with one attached hydrogen (secondary N) is 1. The molecule has 3 aliphatic rings. The highest BCUT2D eigenvalue weighted by atomic mass is 32.1. The highest BCUT2D eigenvalue weighted by molar-refractivity contribution is 7.13. The first-order valence-corrected chi connectivity index (χ1v) is 9.27. The molecular formula is C18H23N3OS. The van der Waals surface area contributed by atoms with Crippen LogP contribution in [0, 0.1) is 12.8 Å². The van der Waals surface area contributed by atoms with Gasteiger partial charge in [-0.25, -0.2) is 0 Å². The van der Waals surface area contributed by atoms with Gasteiger partial charge in [0.1, 0.15) is 0 Å². The van der Waals surface area contributed by atoms with Gasteiger partial charge in [0.2, 0.25) is 5.91 Å². The normalized spacial score (nSPS) is 29.8. The van der Waals surface area contributed by atoms with Crippen LogP contribution in [0.4, 0.5) is 0 Å². The van der Waals surface area contributed by atoms with E-state index in [-0.39, 0.29) is 5.91 Å². The highest BCUT2D eigenvalue weighted by Gasteiger charge is 2.40. The predicted molar refractivity (Wildman–Crippen MR) is 93.8 cm³/mol. The van der Waals surface area contributed by atoms with Gasteiger partial charge in [0.05, 0.1) is 16.8 Å². The molecule has 2 atom stereocenters. The molecule has 1 aromatic heterocycles. The van der Waals surface area contributed by atoms with Gasteiger partial charge in [-0.15, -0.1) is 0 Å². The molecule has 3 saturated heterocycles. The van der Waals surface area contributed by atoms with Gasteiger partial charge < -0.3 is 5.32 Å². The molecule has 4 heterocycles. The van der Waals surface area contributed by atoms with Crippen molar-refractivity contribution in [3.05, 3.63) is 29.5 Å². The summed E-state index contributed by atoms with van der Waals surface area (Å²) < 4.78 is 5.55. The zero-order chi connectivity index (χ0) is 16.0. The number of carbonyl (C=O) groups is 1. The standard InChI is InChI=1S/C18H23N3OS/c1-11-15-4-3-13(9-16(15)23-20-11)10-17(22)19-18-12(2)21-7-5-14(18)6-8-21/h3-4,9,12,14,18H,5-8,10H2,1-2H3,(H,19,22)/t12-,18+/m1/s1. The number of hydrogen-bond acceptors (Lipinski definition) is 4. The molecule has 1 N–H and O–H groups in total. The molecule has 0 saturated carbocycles. The Bertz CT molecular complexity index is 731. The molecule has 122 valence electrons. The average molecular weight is 329 g/mol. The largest absolute Gasteiger partial charge is 0.351 e. The van der Waals surface area contributed by atoms with E-state index in [2.05, 4.69) is 39.7 Å². The number of aromatic nitrogens is 1. The van der Waals surface area contributed by atoms with Crippen LogP contribution in [-0.2, 0) is 11.2 Å². The summed E-state index contributed by atoms with van der Waals surface area (Å²) in [4.78, 5) is 15.0. The summed E-state index contributed by atoms with van der Waals surface area (Å²) in [5, 5.41) is 4.51. The lowest BCUT2D eigenvalue weighted by atomic mass is 9.79. The summed E-state index contributed by atoms with van der Waals surface area (Å²) >= 11 is 1.51. The lowest BCUT2D eigenvalue weighted by Gasteiger charge is -2.50. The third-order valence-electron chi connectivity index (χ3n) is 5.59. The van der Waals surface area contributed by atoms with Crippen molar-refractivity contribution in [2.45, 2.75) is 45.2 Å². The molecule has 1 amide bonds. The predicted octanol–water partition coefficient (Wildman–Crippen LogP) is 2.75. The summed E-state index contributed by atoms with van der Waals surface area (Å²) in [5.41, 5.74) is 2.15. The molecule has 23 heavy (non-hydrogen) atoms. The summed E-state index contributed by atoms with van der Waals surface area (Å²) in [6.45, 7) is 6.67. The van der Waals surface area contributed by atoms with Crippen LogP contribution in [0.3, 0.4) is 0 Å². The maximum Gasteiger partial charge on any atom is 0.224 e. The van der Waals surface area contributed by atoms with E-state index >= 15 is 0 Å². The lowest BCUT2D eigenvalue weighted by molar-refractivity contribution is -0.123. The van der Waals surface area contributed by atoms with Gasteiger partial charge in [0.25, 0.3) is 0 Å². The number of piperidine rings is 3. The van der Waals surface area contributed by atoms with E-state index in [1.54, 1.807) is 0 Å². The van der Waals surface area contributed by atoms with E-state index in [1.165, 1.54) is 47.5 Å². The topological polar surface area (TPSA) is 45.2 Å². The monoisotopic (exact) mass is 329 g/mol. The van der Waals surface area contributed by atoms with Crippen LogP contribution in [-0.4, -0.2) is 40.4 Å². The van der Waals surface area contributed by atoms with E-state index in [0.717, 1.165) is 11.3 Å². The Balaban J connectivity index is 1.44. The molecule has 5 heteroatoms. The van der Waals surface area contributed by atoms with E-state index in [1.807, 2.05) is 6.92 Å². The van der Waals surface area contributed by atoms with Crippen molar-refractivity contribution in [3.63, 3.8) is 0 Å². The van der Waals surface area contributed by atoms with Crippen LogP contribution in [0.15, 0.2) is 18.2 Å². The molecule has 5 rings (SSSR count). The number of rotatable bonds is 3. The van der Waals surface area contributed by atoms with Crippen molar-refractivity contribution in [2.24, 2.45) is 5.92 Å². The number of fused-ring (bicyclic) bond motifs is 4. The number of hydrogen-bond donors (Lipinski definition) is 1. The summed E-state index contributed by atoms with van der Waals surface area (Å²) in [6.07, 6.45) is 2.91. The van der Waals surface area contributed by atoms with Crippen molar-refractivity contribution in [1.82, 2.24) is 14.6 Å². The van der Waals surface area contributed by atoms with Crippen molar-refractivity contribution >= 4 is 27.5 Å². The van der Waals surface area contributed by atoms with Crippen molar-refractivity contribution in [2.75, 3.05) is 13.1 Å². The summed E-state index contributed by atoms with van der Waals surface area (Å²) in [5.74, 6) is 0.807. The number of amides is 1. The average Bonchev–Trinajstić information content (AvgIpc) is 2.92. The van der Waals surface area contributed by atoms with Gasteiger partial charge in [0.15, 0.2) is 0 Å². The summed E-state index contributed by atoms with van der Waals surface area (Å²) in [7, 11) is 0. The van der Waals surface area contributed by atoms with Crippen LogP contribution < -0.4 is 5.32 Å². The molecule has 0 radical (unpaired) electrons. The molecule has 2 aromatic rings. The van der Waals surface area contributed by atoms with Gasteiger partial charge in [-0.2, -0.15) is 4.37 Å². The van der Waals surface area contributed by atoms with Crippen LogP contribution in [0.1, 0.15) is 31.0 Å². The first-order chi connectivity index (χ1) is 11.1. The molecule has 2 bridgehead atoms. The van der Waals surface area contributed by atoms with Crippen LogP contribution in [0.2, 0.25) is 0 Å². The number of benzene rings is 1. The fraction of sp³-hybridized carbons (Fsp3) is 0.556. The number of nitrogens with zero attached hydrogens (tertiary/aromatic N) is 2. The second-order valence-corrected chi connectivity index (χ2v) is 7.79. The van der Waals surface area contributed by atoms with Crippen molar-refractivity contribution in [1.29, 1.82) is 0 Å². The third kappa shape index (κ3) is 2.76. The minimum Gasteiger partial charge on any atom is -0.351 e. The molecule has 0 unspecified atom stereocenters. The quantitative estimate of drug-likeness (QED) is 0.942. The Morgan fingerprint density at radius 3 is 2.91 bits per heavy atom. The first-order valence-electron chi connectivity index (χ1n) is 8.50. The van der Waals surface area contributed by atoms with Crippen LogP contribution in [0.25, 0.3) is 10.1 Å². The van der Waals surface area contributed by atoms with Gasteiger partial charge in [0, 0.05) is 17.5 Å². The summed E-state index contributed by atoms with van der Waals surface area (Å²) in [6, 6.07) is 7.05. The van der Waals surface area contributed by atoms with Crippen LogP contribution in [0.5, 0.6) is 0 Å². The van der Waals surface area contributed by atoms with Gasteiger partial charge in [-0.05, 0) is 68.9 Å². The Morgan fingerprint density at radius 1 is 1.39 bits per heavy atom. The highest BCUT2D eigenvalue weighted by Crippen LogP contribution is 2.32. The fourth-order valence-corrected chi connectivity index (χ4v) is 5.04. The SMILES string of the molecule is Cc1nsc2cc(CC(=O)N[C@@H]3C4CCN(CC4)[C@@H]3C)ccc12. The zero-order valence-electron chi connectivity index (χ0n) is 13.7. The second-order valence-electron chi connectivity index (χ2n) is 6.98. The molecule has 1 aromatic carbocycles. The maximum absolute atomic E-state index is 12.5. The van der Waals surface area contributed by atoms with Crippen molar-refractivity contribution in [3.8, 4) is 0 Å². The molecule has 3 fully saturated rings. The Hall–Kier alpha value is -1.46. The fourth-order valence-electron chi connectivity index (χ4n) is 4.19. The van der Waals surface area contributed by atoms with E-state index in [4.69, 9.17) is 0 Å². The molecule has 0 aliphatic carbocycles. The second kappa shape index (κ2) is 5.87. The third-order valence-corrected chi connectivity index (χ3v) is 6.49. The molecule has 3 aliphatic heterocycles. The van der Waals surface area contributed by atoms with Crippen LogP contribution >= 0.6 is 11.5 Å². The van der Waals surface area contributed by atoms with E-state index in [9.17, 15) is 4.79 Å². The molecular weight excluding hydrogens is 306 g/mol. The van der Waals surface area contributed by atoms with Gasteiger partial charge in [-0.1, -0.05) is 12.1 Å². The minimum atomic E-state index is 0.149. The Morgan fingerprint density at radius 2 is 2.17 bits per heavy atom. The Labute approximate surface area is 141 Å². The number of carbonyl (C=O) groups excluding carboxylic acids is 1. The molecule has 0 spiro atoms. The van der Waals surface area contributed by atoms with E-state index in [0.29, 0.717) is 24.4 Å². The van der Waals surface area contributed by atoms with E-state index < -0.39 is 0 Å². The van der Waals surface area contributed by atoms with Gasteiger partial charge >= 0.3 is 0 Å². The molecule has 4 nitrogen and oxygen atoms in total.